The van der Waals surface area contributed by atoms with Gasteiger partial charge in [0.1, 0.15) is 0 Å². The summed E-state index contributed by atoms with van der Waals surface area (Å²) in [6.45, 7) is 14.7. The standard InChI is InChI=1S/C34H55N3O7/c1-8-34(6,7)33(44)37(28-18-26(31(40)41)17-27(19-28)32(42)43)21-25(5)14-10-12-23(3)16-30(39)36-20-24(4)13-9-11-22(2)15-29(35)38/h17-19,22-25H,8-16,20-21H2,1-7H3,(H2,35,38)(H,36,39)(H,40,41)(H,42,43). The van der Waals surface area contributed by atoms with Crippen LogP contribution >= 0.6 is 0 Å². The lowest BCUT2D eigenvalue weighted by molar-refractivity contribution is -0.127. The van der Waals surface area contributed by atoms with Crippen LogP contribution in [0.25, 0.3) is 0 Å². The normalized spacial score (nSPS) is 14.2. The summed E-state index contributed by atoms with van der Waals surface area (Å²) in [5.41, 5.74) is 4.43. The van der Waals surface area contributed by atoms with E-state index in [1.54, 1.807) is 0 Å². The van der Waals surface area contributed by atoms with Crippen molar-refractivity contribution in [2.24, 2.45) is 34.8 Å². The molecule has 44 heavy (non-hydrogen) atoms. The van der Waals surface area contributed by atoms with Crippen LogP contribution in [0.1, 0.15) is 127 Å². The SMILES string of the molecule is CCC(C)(C)C(=O)N(CC(C)CCCC(C)CC(=O)NCC(C)CCCC(C)CC(N)=O)c1cc(C(=O)O)cc(C(=O)O)c1. The highest BCUT2D eigenvalue weighted by atomic mass is 16.4. The lowest BCUT2D eigenvalue weighted by Gasteiger charge is -2.33. The molecular weight excluding hydrogens is 562 g/mol. The van der Waals surface area contributed by atoms with Crippen molar-refractivity contribution in [1.29, 1.82) is 0 Å². The Balaban J connectivity index is 2.69. The molecule has 0 radical (unpaired) electrons. The van der Waals surface area contributed by atoms with Crippen LogP contribution in [0.5, 0.6) is 0 Å². The van der Waals surface area contributed by atoms with Gasteiger partial charge in [-0.05, 0) is 61.1 Å². The van der Waals surface area contributed by atoms with Crippen LogP contribution in [0.15, 0.2) is 18.2 Å². The summed E-state index contributed by atoms with van der Waals surface area (Å²) in [5, 5.41) is 22.2. The van der Waals surface area contributed by atoms with Crippen LogP contribution in [-0.4, -0.2) is 53.0 Å². The van der Waals surface area contributed by atoms with Gasteiger partial charge in [-0.15, -0.1) is 0 Å². The second kappa shape index (κ2) is 18.4. The summed E-state index contributed by atoms with van der Waals surface area (Å²) in [4.78, 5) is 62.1. The lowest BCUT2D eigenvalue weighted by atomic mass is 9.87. The van der Waals surface area contributed by atoms with Gasteiger partial charge in [-0.2, -0.15) is 0 Å². The van der Waals surface area contributed by atoms with Gasteiger partial charge < -0.3 is 26.2 Å². The third-order valence-corrected chi connectivity index (χ3v) is 8.44. The Morgan fingerprint density at radius 1 is 0.795 bits per heavy atom. The minimum Gasteiger partial charge on any atom is -0.478 e. The maximum Gasteiger partial charge on any atom is 0.335 e. The first kappa shape index (κ1) is 38.6. The van der Waals surface area contributed by atoms with E-state index in [-0.39, 0.29) is 52.3 Å². The average Bonchev–Trinajstić information content (AvgIpc) is 2.93. The van der Waals surface area contributed by atoms with Crippen molar-refractivity contribution in [3.63, 3.8) is 0 Å². The number of benzene rings is 1. The summed E-state index contributed by atoms with van der Waals surface area (Å²) in [6, 6.07) is 3.81. The number of hydrogen-bond acceptors (Lipinski definition) is 5. The minimum absolute atomic E-state index is 0.0330. The molecule has 0 aromatic heterocycles. The molecule has 5 N–H and O–H groups in total. The van der Waals surface area contributed by atoms with E-state index < -0.39 is 17.4 Å². The molecule has 0 saturated carbocycles. The molecule has 10 heteroatoms. The van der Waals surface area contributed by atoms with E-state index in [1.165, 1.54) is 17.0 Å². The number of nitrogens with two attached hydrogens (primary N) is 1. The first-order chi connectivity index (χ1) is 20.5. The zero-order valence-corrected chi connectivity index (χ0v) is 27.8. The van der Waals surface area contributed by atoms with Crippen LogP contribution in [0, 0.1) is 29.1 Å². The smallest absolute Gasteiger partial charge is 0.335 e. The number of carbonyl (C=O) groups excluding carboxylic acids is 3. The number of primary amides is 1. The second-order valence-corrected chi connectivity index (χ2v) is 13.5. The monoisotopic (exact) mass is 617 g/mol. The Bertz CT molecular complexity index is 1100. The molecule has 4 unspecified atom stereocenters. The highest BCUT2D eigenvalue weighted by Gasteiger charge is 2.32. The van der Waals surface area contributed by atoms with E-state index in [0.29, 0.717) is 38.3 Å². The molecule has 0 aliphatic heterocycles. The number of carboxylic acid groups (broad SMARTS) is 2. The second-order valence-electron chi connectivity index (χ2n) is 13.5. The van der Waals surface area contributed by atoms with Crippen molar-refractivity contribution in [3.8, 4) is 0 Å². The molecule has 0 heterocycles. The summed E-state index contributed by atoms with van der Waals surface area (Å²) in [7, 11) is 0. The summed E-state index contributed by atoms with van der Waals surface area (Å²) < 4.78 is 0. The van der Waals surface area contributed by atoms with Crippen LogP contribution in [0.4, 0.5) is 5.69 Å². The van der Waals surface area contributed by atoms with Gasteiger partial charge in [-0.3, -0.25) is 14.4 Å². The van der Waals surface area contributed by atoms with Gasteiger partial charge in [0.2, 0.25) is 17.7 Å². The first-order valence-electron chi connectivity index (χ1n) is 15.9. The maximum atomic E-state index is 13.6. The predicted octanol–water partition coefficient (Wildman–Crippen LogP) is 6.12. The van der Waals surface area contributed by atoms with Gasteiger partial charge in [-0.1, -0.05) is 74.1 Å². The third-order valence-electron chi connectivity index (χ3n) is 8.44. The molecule has 248 valence electrons. The topological polar surface area (TPSA) is 167 Å². The number of anilines is 1. The van der Waals surface area contributed by atoms with Gasteiger partial charge >= 0.3 is 11.9 Å². The fourth-order valence-electron chi connectivity index (χ4n) is 5.19. The van der Waals surface area contributed by atoms with Crippen molar-refractivity contribution in [2.45, 2.75) is 106 Å². The van der Waals surface area contributed by atoms with Gasteiger partial charge in [0.05, 0.1) is 11.1 Å². The number of nitrogens with one attached hydrogen (secondary N) is 1. The number of hydrogen-bond donors (Lipinski definition) is 4. The van der Waals surface area contributed by atoms with Gasteiger partial charge in [-0.25, -0.2) is 9.59 Å². The minimum atomic E-state index is -1.26. The quantitative estimate of drug-likeness (QED) is 0.129. The Morgan fingerprint density at radius 2 is 1.27 bits per heavy atom. The van der Waals surface area contributed by atoms with E-state index in [4.69, 9.17) is 5.73 Å². The average molecular weight is 618 g/mol. The molecule has 1 aromatic rings. The molecule has 0 bridgehead atoms. The zero-order chi connectivity index (χ0) is 33.6. The number of nitrogens with zero attached hydrogens (tertiary/aromatic N) is 1. The molecule has 0 saturated heterocycles. The largest absolute Gasteiger partial charge is 0.478 e. The van der Waals surface area contributed by atoms with Gasteiger partial charge in [0.15, 0.2) is 0 Å². The first-order valence-corrected chi connectivity index (χ1v) is 15.9. The summed E-state index contributed by atoms with van der Waals surface area (Å²) >= 11 is 0. The Kier molecular flexibility index (Phi) is 16.1. The molecule has 0 aliphatic rings. The Labute approximate surface area is 263 Å². The fraction of sp³-hybridized carbons (Fsp3) is 0.676. The van der Waals surface area contributed by atoms with Crippen molar-refractivity contribution in [1.82, 2.24) is 5.32 Å². The van der Waals surface area contributed by atoms with Crippen LogP contribution in [0.2, 0.25) is 0 Å². The van der Waals surface area contributed by atoms with Crippen molar-refractivity contribution in [2.75, 3.05) is 18.0 Å². The van der Waals surface area contributed by atoms with Crippen molar-refractivity contribution in [3.05, 3.63) is 29.3 Å². The highest BCUT2D eigenvalue weighted by Crippen LogP contribution is 2.30. The van der Waals surface area contributed by atoms with E-state index >= 15 is 0 Å². The number of carboxylic acids is 2. The molecule has 0 fully saturated rings. The van der Waals surface area contributed by atoms with Gasteiger partial charge in [0.25, 0.3) is 0 Å². The van der Waals surface area contributed by atoms with Crippen molar-refractivity contribution < 1.29 is 34.2 Å². The molecule has 0 aliphatic carbocycles. The van der Waals surface area contributed by atoms with E-state index in [2.05, 4.69) is 19.2 Å². The van der Waals surface area contributed by atoms with E-state index in [1.807, 2.05) is 34.6 Å². The van der Waals surface area contributed by atoms with Crippen LogP contribution < -0.4 is 16.0 Å². The molecule has 10 nitrogen and oxygen atoms in total. The molecule has 3 amide bonds. The van der Waals surface area contributed by atoms with Crippen molar-refractivity contribution >= 4 is 35.3 Å². The van der Waals surface area contributed by atoms with Gasteiger partial charge in [0, 0.05) is 37.0 Å². The van der Waals surface area contributed by atoms with E-state index in [9.17, 15) is 34.2 Å². The van der Waals surface area contributed by atoms with Crippen LogP contribution in [0.3, 0.4) is 0 Å². The van der Waals surface area contributed by atoms with Crippen LogP contribution in [-0.2, 0) is 14.4 Å². The lowest BCUT2D eigenvalue weighted by Crippen LogP contribution is -2.43. The number of aromatic carboxylic acids is 2. The Hall–Kier alpha value is -3.43. The predicted molar refractivity (Wildman–Crippen MR) is 173 cm³/mol. The molecule has 1 aromatic carbocycles. The molecular formula is C34H55N3O7. The number of rotatable bonds is 21. The molecule has 0 spiro atoms. The number of amides is 3. The van der Waals surface area contributed by atoms with E-state index in [0.717, 1.165) is 44.6 Å². The Morgan fingerprint density at radius 3 is 1.75 bits per heavy atom. The summed E-state index contributed by atoms with van der Waals surface area (Å²) in [5.74, 6) is -2.08. The highest BCUT2D eigenvalue weighted by molar-refractivity contribution is 6.01. The molecule has 1 rings (SSSR count). The summed E-state index contributed by atoms with van der Waals surface area (Å²) in [6.07, 6.45) is 6.80. The fourth-order valence-corrected chi connectivity index (χ4v) is 5.19. The molecule has 4 atom stereocenters. The maximum absolute atomic E-state index is 13.6. The number of carbonyl (C=O) groups is 5. The third kappa shape index (κ3) is 13.9. The zero-order valence-electron chi connectivity index (χ0n) is 27.8.